The molecular formula is C27H29ClN6O2. The van der Waals surface area contributed by atoms with Crippen LogP contribution in [0, 0.1) is 6.92 Å². The predicted molar refractivity (Wildman–Crippen MR) is 142 cm³/mol. The van der Waals surface area contributed by atoms with E-state index in [0.717, 1.165) is 35.2 Å². The number of pyridine rings is 1. The molecule has 1 aliphatic rings. The van der Waals surface area contributed by atoms with Crippen LogP contribution in [-0.4, -0.2) is 42.8 Å². The van der Waals surface area contributed by atoms with Gasteiger partial charge in [0.05, 0.1) is 17.0 Å². The van der Waals surface area contributed by atoms with E-state index < -0.39 is 0 Å². The number of anilines is 1. The Labute approximate surface area is 214 Å². The first-order chi connectivity index (χ1) is 17.3. The van der Waals surface area contributed by atoms with Gasteiger partial charge in [-0.15, -0.1) is 0 Å². The van der Waals surface area contributed by atoms with E-state index in [1.807, 2.05) is 38.1 Å². The molecular weight excluding hydrogens is 476 g/mol. The molecule has 0 bridgehead atoms. The first-order valence-corrected chi connectivity index (χ1v) is 12.5. The quantitative estimate of drug-likeness (QED) is 0.395. The molecule has 1 aromatic carbocycles. The number of benzene rings is 1. The van der Waals surface area contributed by atoms with Crippen molar-refractivity contribution in [1.29, 1.82) is 0 Å². The number of nitrogens with zero attached hydrogens (tertiary/aromatic N) is 5. The van der Waals surface area contributed by atoms with Gasteiger partial charge < -0.3 is 10.1 Å². The van der Waals surface area contributed by atoms with E-state index in [2.05, 4.69) is 34.1 Å². The fourth-order valence-electron chi connectivity index (χ4n) is 4.82. The van der Waals surface area contributed by atoms with Crippen LogP contribution in [0.4, 0.5) is 5.95 Å². The summed E-state index contributed by atoms with van der Waals surface area (Å²) in [5, 5.41) is 4.67. The number of fused-ring (bicyclic) bond motifs is 1. The highest BCUT2D eigenvalue weighted by Crippen LogP contribution is 2.32. The van der Waals surface area contributed by atoms with Crippen molar-refractivity contribution in [1.82, 2.24) is 24.5 Å². The lowest BCUT2D eigenvalue weighted by Crippen LogP contribution is -2.40. The smallest absolute Gasteiger partial charge is 0.260 e. The average molecular weight is 505 g/mol. The third-order valence-corrected chi connectivity index (χ3v) is 6.90. The lowest BCUT2D eigenvalue weighted by Gasteiger charge is -2.35. The molecule has 3 aromatic heterocycles. The maximum absolute atomic E-state index is 13.5. The summed E-state index contributed by atoms with van der Waals surface area (Å²) in [7, 11) is 0. The Bertz CT molecular complexity index is 1500. The molecule has 1 N–H and O–H groups in total. The van der Waals surface area contributed by atoms with Crippen LogP contribution in [0.25, 0.3) is 33.4 Å². The molecule has 5 rings (SSSR count). The van der Waals surface area contributed by atoms with E-state index in [9.17, 15) is 4.79 Å². The van der Waals surface area contributed by atoms with Crippen LogP contribution < -0.4 is 10.9 Å². The summed E-state index contributed by atoms with van der Waals surface area (Å²) < 4.78 is 7.48. The number of ether oxygens (including phenoxy) is 1. The first kappa shape index (κ1) is 24.3. The van der Waals surface area contributed by atoms with E-state index >= 15 is 0 Å². The van der Waals surface area contributed by atoms with Gasteiger partial charge in [0.1, 0.15) is 5.65 Å². The van der Waals surface area contributed by atoms with E-state index in [1.165, 1.54) is 0 Å². The topological polar surface area (TPSA) is 94.8 Å². The Hall–Kier alpha value is -3.36. The highest BCUT2D eigenvalue weighted by Gasteiger charge is 2.29. The lowest BCUT2D eigenvalue weighted by molar-refractivity contribution is -0.0553. The maximum atomic E-state index is 13.5. The molecule has 8 nitrogen and oxygen atoms in total. The second kappa shape index (κ2) is 9.59. The van der Waals surface area contributed by atoms with Gasteiger partial charge in [0.25, 0.3) is 5.56 Å². The number of aromatic nitrogens is 5. The summed E-state index contributed by atoms with van der Waals surface area (Å²) in [4.78, 5) is 31.5. The van der Waals surface area contributed by atoms with Gasteiger partial charge in [-0.2, -0.15) is 4.98 Å². The molecule has 0 radical (unpaired) electrons. The zero-order valence-electron chi connectivity index (χ0n) is 20.9. The molecule has 0 unspecified atom stereocenters. The van der Waals surface area contributed by atoms with Gasteiger partial charge in [-0.25, -0.2) is 4.98 Å². The monoisotopic (exact) mass is 504 g/mol. The van der Waals surface area contributed by atoms with Crippen molar-refractivity contribution in [3.8, 4) is 22.4 Å². The molecule has 4 aromatic rings. The maximum Gasteiger partial charge on any atom is 0.260 e. The minimum Gasteiger partial charge on any atom is -0.375 e. The van der Waals surface area contributed by atoms with E-state index in [4.69, 9.17) is 21.3 Å². The van der Waals surface area contributed by atoms with E-state index in [0.29, 0.717) is 40.9 Å². The van der Waals surface area contributed by atoms with Gasteiger partial charge in [-0.1, -0.05) is 23.7 Å². The largest absolute Gasteiger partial charge is 0.375 e. The third-order valence-electron chi connectivity index (χ3n) is 6.59. The van der Waals surface area contributed by atoms with Gasteiger partial charge in [0.15, 0.2) is 0 Å². The molecule has 4 heterocycles. The standard InChI is InChI=1S/C27H29ClN6O2/c1-5-34-24-18(15-31-26(33-24)32-19-8-11-36-27(3,4)14-19)12-21(25(34)35)20-7-6-17(13-22(20)28)23-16(2)29-9-10-30-23/h6-7,9-10,12-13,15,19H,5,8,11,14H2,1-4H3,(H,31,32,33)/t19-/m1/s1. The number of nitrogens with one attached hydrogen (secondary N) is 1. The van der Waals surface area contributed by atoms with Crippen molar-refractivity contribution in [3.05, 3.63) is 63.9 Å². The van der Waals surface area contributed by atoms with Crippen LogP contribution in [0.3, 0.4) is 0 Å². The summed E-state index contributed by atoms with van der Waals surface area (Å²) >= 11 is 6.69. The minimum atomic E-state index is -0.187. The number of rotatable bonds is 5. The molecule has 1 fully saturated rings. The van der Waals surface area contributed by atoms with Crippen molar-refractivity contribution in [2.24, 2.45) is 0 Å². The predicted octanol–water partition coefficient (Wildman–Crippen LogP) is 5.27. The number of hydrogen-bond acceptors (Lipinski definition) is 7. The Morgan fingerprint density at radius 3 is 2.69 bits per heavy atom. The van der Waals surface area contributed by atoms with E-state index in [-0.39, 0.29) is 17.2 Å². The third kappa shape index (κ3) is 4.70. The molecule has 1 atom stereocenters. The van der Waals surface area contributed by atoms with Crippen molar-refractivity contribution >= 4 is 28.6 Å². The van der Waals surface area contributed by atoms with E-state index in [1.54, 1.807) is 23.2 Å². The summed E-state index contributed by atoms with van der Waals surface area (Å²) in [6.07, 6.45) is 6.81. The molecule has 9 heteroatoms. The van der Waals surface area contributed by atoms with Crippen molar-refractivity contribution < 1.29 is 4.74 Å². The Balaban J connectivity index is 1.52. The molecule has 36 heavy (non-hydrogen) atoms. The average Bonchev–Trinajstić information content (AvgIpc) is 2.84. The normalized spacial score (nSPS) is 17.3. The lowest BCUT2D eigenvalue weighted by atomic mass is 9.94. The van der Waals surface area contributed by atoms with Gasteiger partial charge in [0.2, 0.25) is 5.95 Å². The highest BCUT2D eigenvalue weighted by molar-refractivity contribution is 6.33. The summed E-state index contributed by atoms with van der Waals surface area (Å²) in [6.45, 7) is 9.17. The molecule has 0 aliphatic carbocycles. The minimum absolute atomic E-state index is 0.146. The van der Waals surface area contributed by atoms with Crippen molar-refractivity contribution in [2.75, 3.05) is 11.9 Å². The van der Waals surface area contributed by atoms with Crippen LogP contribution in [0.2, 0.25) is 5.02 Å². The zero-order chi connectivity index (χ0) is 25.4. The molecule has 186 valence electrons. The molecule has 1 aliphatic heterocycles. The second-order valence-electron chi connectivity index (χ2n) is 9.71. The first-order valence-electron chi connectivity index (χ1n) is 12.1. The number of aryl methyl sites for hydroxylation is 2. The summed E-state index contributed by atoms with van der Waals surface area (Å²) in [6, 6.07) is 7.63. The summed E-state index contributed by atoms with van der Waals surface area (Å²) in [5.74, 6) is 0.515. The van der Waals surface area contributed by atoms with Crippen LogP contribution >= 0.6 is 11.6 Å². The van der Waals surface area contributed by atoms with Crippen LogP contribution in [0.5, 0.6) is 0 Å². The highest BCUT2D eigenvalue weighted by atomic mass is 35.5. The summed E-state index contributed by atoms with van der Waals surface area (Å²) in [5.41, 5.74) is 3.85. The van der Waals surface area contributed by atoms with Gasteiger partial charge in [-0.05, 0) is 52.7 Å². The van der Waals surface area contributed by atoms with Crippen molar-refractivity contribution in [2.45, 2.75) is 58.7 Å². The van der Waals surface area contributed by atoms with Gasteiger partial charge in [-0.3, -0.25) is 19.3 Å². The van der Waals surface area contributed by atoms with Gasteiger partial charge >= 0.3 is 0 Å². The number of hydrogen-bond donors (Lipinski definition) is 1. The fourth-order valence-corrected chi connectivity index (χ4v) is 5.11. The van der Waals surface area contributed by atoms with Crippen LogP contribution in [0.1, 0.15) is 39.3 Å². The second-order valence-corrected chi connectivity index (χ2v) is 10.1. The Morgan fingerprint density at radius 1 is 1.17 bits per heavy atom. The molecule has 0 saturated carbocycles. The van der Waals surface area contributed by atoms with Crippen LogP contribution in [0.15, 0.2) is 47.7 Å². The fraction of sp³-hybridized carbons (Fsp3) is 0.370. The van der Waals surface area contributed by atoms with Crippen LogP contribution in [-0.2, 0) is 11.3 Å². The molecule has 0 spiro atoms. The van der Waals surface area contributed by atoms with Crippen molar-refractivity contribution in [3.63, 3.8) is 0 Å². The Kier molecular flexibility index (Phi) is 6.49. The molecule has 1 saturated heterocycles. The number of halogens is 1. The van der Waals surface area contributed by atoms with Gasteiger partial charge in [0, 0.05) is 64.9 Å². The zero-order valence-corrected chi connectivity index (χ0v) is 21.6. The molecule has 0 amide bonds. The Morgan fingerprint density at radius 2 is 1.97 bits per heavy atom. The SMILES string of the molecule is CCn1c(=O)c(-c2ccc(-c3nccnc3C)cc2Cl)cc2cnc(N[C@@H]3CCOC(C)(C)C3)nc21.